The van der Waals surface area contributed by atoms with Crippen molar-refractivity contribution in [3.8, 4) is 10.6 Å². The van der Waals surface area contributed by atoms with Crippen LogP contribution >= 0.6 is 11.3 Å². The van der Waals surface area contributed by atoms with E-state index in [1.54, 1.807) is 29.6 Å². The minimum Gasteiger partial charge on any atom is -0.344 e. The highest BCUT2D eigenvalue weighted by molar-refractivity contribution is 7.89. The summed E-state index contributed by atoms with van der Waals surface area (Å²) in [7, 11) is -3.50. The number of nitrogens with one attached hydrogen (secondary N) is 1. The predicted molar refractivity (Wildman–Crippen MR) is 120 cm³/mol. The SMILES string of the molecule is CCN(CC)S(=O)(=O)c1ccc(C(C)NC(=O)c2csc(-c3ccccc3)n2)cc1. The summed E-state index contributed by atoms with van der Waals surface area (Å²) in [4.78, 5) is 17.3. The van der Waals surface area contributed by atoms with Gasteiger partial charge < -0.3 is 5.32 Å². The van der Waals surface area contributed by atoms with Gasteiger partial charge in [-0.25, -0.2) is 13.4 Å². The van der Waals surface area contributed by atoms with Gasteiger partial charge in [-0.3, -0.25) is 4.79 Å². The Labute approximate surface area is 181 Å². The molecule has 1 aromatic heterocycles. The predicted octanol–water partition coefficient (Wildman–Crippen LogP) is 4.33. The van der Waals surface area contributed by atoms with Crippen LogP contribution in [0.25, 0.3) is 10.6 Å². The highest BCUT2D eigenvalue weighted by Crippen LogP contribution is 2.24. The van der Waals surface area contributed by atoms with Crippen molar-refractivity contribution in [2.75, 3.05) is 13.1 Å². The van der Waals surface area contributed by atoms with E-state index in [0.717, 1.165) is 16.1 Å². The molecule has 0 saturated carbocycles. The van der Waals surface area contributed by atoms with Gasteiger partial charge in [0.1, 0.15) is 10.7 Å². The Balaban J connectivity index is 1.70. The summed E-state index contributed by atoms with van der Waals surface area (Å²) in [5, 5.41) is 5.46. The highest BCUT2D eigenvalue weighted by Gasteiger charge is 2.22. The Hall–Kier alpha value is -2.55. The molecule has 0 radical (unpaired) electrons. The fourth-order valence-electron chi connectivity index (χ4n) is 3.09. The molecule has 1 amide bonds. The number of amides is 1. The highest BCUT2D eigenvalue weighted by atomic mass is 32.2. The first-order valence-corrected chi connectivity index (χ1v) is 12.1. The van der Waals surface area contributed by atoms with Crippen molar-refractivity contribution in [2.45, 2.75) is 31.7 Å². The Bertz CT molecular complexity index is 1090. The quantitative estimate of drug-likeness (QED) is 0.562. The largest absolute Gasteiger partial charge is 0.344 e. The average Bonchev–Trinajstić information content (AvgIpc) is 3.25. The third kappa shape index (κ3) is 4.77. The zero-order chi connectivity index (χ0) is 21.7. The van der Waals surface area contributed by atoms with Crippen LogP contribution in [0.2, 0.25) is 0 Å². The molecule has 0 bridgehead atoms. The van der Waals surface area contributed by atoms with Gasteiger partial charge >= 0.3 is 0 Å². The first-order chi connectivity index (χ1) is 14.4. The summed E-state index contributed by atoms with van der Waals surface area (Å²) in [6, 6.07) is 16.1. The van der Waals surface area contributed by atoms with Gasteiger partial charge in [0.15, 0.2) is 0 Å². The third-order valence-electron chi connectivity index (χ3n) is 4.83. The van der Waals surface area contributed by atoms with Gasteiger partial charge in [-0.1, -0.05) is 56.3 Å². The normalized spacial score (nSPS) is 12.7. The molecule has 8 heteroatoms. The molecule has 1 atom stereocenters. The van der Waals surface area contributed by atoms with Crippen LogP contribution in [0.5, 0.6) is 0 Å². The molecule has 0 aliphatic rings. The van der Waals surface area contributed by atoms with Gasteiger partial charge in [0.2, 0.25) is 10.0 Å². The lowest BCUT2D eigenvalue weighted by Crippen LogP contribution is -2.30. The van der Waals surface area contributed by atoms with Gasteiger partial charge in [0.05, 0.1) is 10.9 Å². The number of benzene rings is 2. The number of sulfonamides is 1. The molecule has 0 fully saturated rings. The van der Waals surface area contributed by atoms with E-state index in [-0.39, 0.29) is 16.8 Å². The van der Waals surface area contributed by atoms with Crippen LogP contribution in [0.15, 0.2) is 64.9 Å². The van der Waals surface area contributed by atoms with E-state index in [1.807, 2.05) is 51.1 Å². The number of hydrogen-bond acceptors (Lipinski definition) is 5. The summed E-state index contributed by atoms with van der Waals surface area (Å²) in [5.41, 5.74) is 2.16. The van der Waals surface area contributed by atoms with Gasteiger partial charge in [0.25, 0.3) is 5.91 Å². The standard InChI is InChI=1S/C22H25N3O3S2/c1-4-25(5-2)30(27,28)19-13-11-17(12-14-19)16(3)23-21(26)20-15-29-22(24-20)18-9-7-6-8-10-18/h6-16H,4-5H2,1-3H3,(H,23,26). The number of rotatable bonds is 8. The molecule has 0 aliphatic heterocycles. The van der Waals surface area contributed by atoms with Gasteiger partial charge in [-0.2, -0.15) is 4.31 Å². The molecule has 158 valence electrons. The molecule has 3 aromatic rings. The maximum atomic E-state index is 12.6. The van der Waals surface area contributed by atoms with E-state index < -0.39 is 10.0 Å². The summed E-state index contributed by atoms with van der Waals surface area (Å²) in [6.07, 6.45) is 0. The monoisotopic (exact) mass is 443 g/mol. The number of carbonyl (C=O) groups is 1. The Morgan fingerprint density at radius 3 is 2.30 bits per heavy atom. The number of hydrogen-bond donors (Lipinski definition) is 1. The average molecular weight is 444 g/mol. The molecular formula is C22H25N3O3S2. The van der Waals surface area contributed by atoms with Crippen molar-refractivity contribution in [1.82, 2.24) is 14.6 Å². The maximum absolute atomic E-state index is 12.6. The molecule has 30 heavy (non-hydrogen) atoms. The van der Waals surface area contributed by atoms with Gasteiger partial charge in [0, 0.05) is 24.0 Å². The minimum atomic E-state index is -3.50. The van der Waals surface area contributed by atoms with E-state index in [2.05, 4.69) is 10.3 Å². The van der Waals surface area contributed by atoms with Crippen molar-refractivity contribution in [2.24, 2.45) is 0 Å². The molecule has 3 rings (SSSR count). The maximum Gasteiger partial charge on any atom is 0.271 e. The molecule has 0 spiro atoms. The molecule has 0 aliphatic carbocycles. The number of thiazole rings is 1. The van der Waals surface area contributed by atoms with E-state index in [0.29, 0.717) is 18.8 Å². The Morgan fingerprint density at radius 2 is 1.70 bits per heavy atom. The van der Waals surface area contributed by atoms with Crippen LogP contribution in [0.3, 0.4) is 0 Å². The van der Waals surface area contributed by atoms with Crippen LogP contribution in [0.1, 0.15) is 42.9 Å². The molecular weight excluding hydrogens is 418 g/mol. The van der Waals surface area contributed by atoms with E-state index in [1.165, 1.54) is 15.6 Å². The second-order valence-electron chi connectivity index (χ2n) is 6.76. The van der Waals surface area contributed by atoms with E-state index in [4.69, 9.17) is 0 Å². The van der Waals surface area contributed by atoms with Gasteiger partial charge in [-0.15, -0.1) is 11.3 Å². The summed E-state index contributed by atoms with van der Waals surface area (Å²) in [5.74, 6) is -0.263. The first kappa shape index (κ1) is 22.1. The number of aromatic nitrogens is 1. The Morgan fingerprint density at radius 1 is 1.07 bits per heavy atom. The topological polar surface area (TPSA) is 79.4 Å². The van der Waals surface area contributed by atoms with Crippen molar-refractivity contribution in [3.05, 3.63) is 71.2 Å². The lowest BCUT2D eigenvalue weighted by Gasteiger charge is -2.19. The van der Waals surface area contributed by atoms with Crippen molar-refractivity contribution >= 4 is 27.3 Å². The first-order valence-electron chi connectivity index (χ1n) is 9.78. The molecule has 6 nitrogen and oxygen atoms in total. The van der Waals surface area contributed by atoms with Crippen molar-refractivity contribution in [3.63, 3.8) is 0 Å². The molecule has 0 saturated heterocycles. The summed E-state index contributed by atoms with van der Waals surface area (Å²) < 4.78 is 26.6. The zero-order valence-electron chi connectivity index (χ0n) is 17.2. The molecule has 1 unspecified atom stereocenters. The van der Waals surface area contributed by atoms with Crippen LogP contribution in [0, 0.1) is 0 Å². The van der Waals surface area contributed by atoms with Crippen molar-refractivity contribution in [1.29, 1.82) is 0 Å². The van der Waals surface area contributed by atoms with Crippen molar-refractivity contribution < 1.29 is 13.2 Å². The third-order valence-corrected chi connectivity index (χ3v) is 7.78. The second kappa shape index (κ2) is 9.51. The molecule has 1 heterocycles. The lowest BCUT2D eigenvalue weighted by atomic mass is 10.1. The summed E-state index contributed by atoms with van der Waals surface area (Å²) >= 11 is 1.42. The second-order valence-corrected chi connectivity index (χ2v) is 9.55. The lowest BCUT2D eigenvalue weighted by molar-refractivity contribution is 0.0935. The van der Waals surface area contributed by atoms with Gasteiger partial charge in [-0.05, 0) is 24.6 Å². The van der Waals surface area contributed by atoms with Crippen LogP contribution in [0.4, 0.5) is 0 Å². The minimum absolute atomic E-state index is 0.250. The van der Waals surface area contributed by atoms with E-state index >= 15 is 0 Å². The molecule has 2 aromatic carbocycles. The van der Waals surface area contributed by atoms with Crippen LogP contribution in [-0.2, 0) is 10.0 Å². The number of nitrogens with zero attached hydrogens (tertiary/aromatic N) is 2. The zero-order valence-corrected chi connectivity index (χ0v) is 18.8. The number of carbonyl (C=O) groups excluding carboxylic acids is 1. The Kier molecular flexibility index (Phi) is 7.02. The smallest absolute Gasteiger partial charge is 0.271 e. The van der Waals surface area contributed by atoms with Crippen LogP contribution < -0.4 is 5.32 Å². The fourth-order valence-corrected chi connectivity index (χ4v) is 5.35. The van der Waals surface area contributed by atoms with Crippen LogP contribution in [-0.4, -0.2) is 36.7 Å². The molecule has 1 N–H and O–H groups in total. The fraction of sp³-hybridized carbons (Fsp3) is 0.273. The van der Waals surface area contributed by atoms with E-state index in [9.17, 15) is 13.2 Å². The summed E-state index contributed by atoms with van der Waals surface area (Å²) in [6.45, 7) is 6.33.